The summed E-state index contributed by atoms with van der Waals surface area (Å²) in [7, 11) is 0. The second kappa shape index (κ2) is 7.74. The second-order valence-electron chi connectivity index (χ2n) is 5.63. The van der Waals surface area contributed by atoms with E-state index in [-0.39, 0.29) is 11.6 Å². The number of ketones is 2. The molecule has 2 rings (SSSR count). The van der Waals surface area contributed by atoms with E-state index in [9.17, 15) is 9.59 Å². The summed E-state index contributed by atoms with van der Waals surface area (Å²) in [6.07, 6.45) is 2.27. The first-order valence-electron chi connectivity index (χ1n) is 7.70. The van der Waals surface area contributed by atoms with Gasteiger partial charge in [0.05, 0.1) is 12.5 Å². The topological polar surface area (TPSA) is 43.4 Å². The third kappa shape index (κ3) is 4.42. The predicted octanol–water partition coefficient (Wildman–Crippen LogP) is 4.18. The van der Waals surface area contributed by atoms with Gasteiger partial charge in [-0.1, -0.05) is 30.3 Å². The van der Waals surface area contributed by atoms with E-state index in [4.69, 9.17) is 4.74 Å². The standard InChI is InChI=1S/C19H22O3/c1-14(20)19(15(2)21)9-5-6-12-22-18-11-10-16-7-3-4-8-17(16)13-18/h3-4,7-8,10-11,13,19H,5-6,9,12H2,1-2H3. The van der Waals surface area contributed by atoms with Crippen molar-refractivity contribution in [3.8, 4) is 5.75 Å². The van der Waals surface area contributed by atoms with Crippen molar-refractivity contribution in [2.75, 3.05) is 6.61 Å². The van der Waals surface area contributed by atoms with Gasteiger partial charge in [0.25, 0.3) is 0 Å². The lowest BCUT2D eigenvalue weighted by molar-refractivity contribution is -0.130. The lowest BCUT2D eigenvalue weighted by Gasteiger charge is -2.10. The van der Waals surface area contributed by atoms with Crippen LogP contribution in [0, 0.1) is 5.92 Å². The summed E-state index contributed by atoms with van der Waals surface area (Å²) in [4.78, 5) is 22.7. The average Bonchev–Trinajstić information content (AvgIpc) is 2.49. The summed E-state index contributed by atoms with van der Waals surface area (Å²) in [6, 6.07) is 14.2. The molecular weight excluding hydrogens is 276 g/mol. The van der Waals surface area contributed by atoms with Crippen LogP contribution in [0.15, 0.2) is 42.5 Å². The molecule has 0 atom stereocenters. The van der Waals surface area contributed by atoms with E-state index in [0.29, 0.717) is 13.0 Å². The van der Waals surface area contributed by atoms with Crippen LogP contribution in [0.2, 0.25) is 0 Å². The maximum absolute atomic E-state index is 11.3. The number of hydrogen-bond donors (Lipinski definition) is 0. The average molecular weight is 298 g/mol. The van der Waals surface area contributed by atoms with Gasteiger partial charge in [0.1, 0.15) is 17.3 Å². The molecule has 0 saturated heterocycles. The number of Topliss-reactive ketones (excluding diaryl/α,β-unsaturated/α-hetero) is 2. The van der Waals surface area contributed by atoms with Crippen molar-refractivity contribution in [2.24, 2.45) is 5.92 Å². The van der Waals surface area contributed by atoms with Crippen molar-refractivity contribution < 1.29 is 14.3 Å². The largest absolute Gasteiger partial charge is 0.494 e. The van der Waals surface area contributed by atoms with Gasteiger partial charge in [-0.2, -0.15) is 0 Å². The molecule has 3 heteroatoms. The maximum atomic E-state index is 11.3. The molecule has 2 aromatic rings. The van der Waals surface area contributed by atoms with E-state index in [0.717, 1.165) is 24.0 Å². The van der Waals surface area contributed by atoms with Crippen molar-refractivity contribution in [1.29, 1.82) is 0 Å². The van der Waals surface area contributed by atoms with Gasteiger partial charge < -0.3 is 4.74 Å². The molecule has 0 radical (unpaired) electrons. The number of unbranched alkanes of at least 4 members (excludes halogenated alkanes) is 1. The summed E-state index contributed by atoms with van der Waals surface area (Å²) < 4.78 is 5.75. The quantitative estimate of drug-likeness (QED) is 0.542. The minimum Gasteiger partial charge on any atom is -0.494 e. The maximum Gasteiger partial charge on any atom is 0.140 e. The molecule has 0 bridgehead atoms. The third-order valence-corrected chi connectivity index (χ3v) is 3.86. The van der Waals surface area contributed by atoms with Gasteiger partial charge in [-0.25, -0.2) is 0 Å². The van der Waals surface area contributed by atoms with Gasteiger partial charge in [-0.15, -0.1) is 0 Å². The Bertz CT molecular complexity index is 647. The highest BCUT2D eigenvalue weighted by Gasteiger charge is 2.18. The Morgan fingerprint density at radius 1 is 0.955 bits per heavy atom. The van der Waals surface area contributed by atoms with Crippen molar-refractivity contribution >= 4 is 22.3 Å². The molecule has 0 N–H and O–H groups in total. The molecule has 0 aliphatic carbocycles. The van der Waals surface area contributed by atoms with Crippen LogP contribution in [-0.2, 0) is 9.59 Å². The lowest BCUT2D eigenvalue weighted by atomic mass is 9.94. The molecule has 0 spiro atoms. The summed E-state index contributed by atoms with van der Waals surface area (Å²) in [5.41, 5.74) is 0. The fourth-order valence-corrected chi connectivity index (χ4v) is 2.59. The van der Waals surface area contributed by atoms with E-state index in [1.165, 1.54) is 19.2 Å². The highest BCUT2D eigenvalue weighted by molar-refractivity contribution is 6.00. The van der Waals surface area contributed by atoms with E-state index in [1.54, 1.807) is 0 Å². The third-order valence-electron chi connectivity index (χ3n) is 3.86. The van der Waals surface area contributed by atoms with Gasteiger partial charge in [0, 0.05) is 0 Å². The van der Waals surface area contributed by atoms with Crippen molar-refractivity contribution in [2.45, 2.75) is 33.1 Å². The van der Waals surface area contributed by atoms with E-state index in [2.05, 4.69) is 12.1 Å². The first-order chi connectivity index (χ1) is 10.6. The molecule has 116 valence electrons. The second-order valence-corrected chi connectivity index (χ2v) is 5.63. The van der Waals surface area contributed by atoms with Crippen LogP contribution in [0.4, 0.5) is 0 Å². The molecule has 0 amide bonds. The number of benzene rings is 2. The number of carbonyl (C=O) groups is 2. The van der Waals surface area contributed by atoms with Crippen molar-refractivity contribution in [3.05, 3.63) is 42.5 Å². The molecule has 0 heterocycles. The molecule has 0 saturated carbocycles. The first-order valence-corrected chi connectivity index (χ1v) is 7.70. The molecule has 0 aliphatic rings. The zero-order valence-corrected chi connectivity index (χ0v) is 13.2. The monoisotopic (exact) mass is 298 g/mol. The Balaban J connectivity index is 1.78. The van der Waals surface area contributed by atoms with Crippen LogP contribution in [-0.4, -0.2) is 18.2 Å². The summed E-state index contributed by atoms with van der Waals surface area (Å²) in [6.45, 7) is 3.57. The minimum atomic E-state index is -0.444. The lowest BCUT2D eigenvalue weighted by Crippen LogP contribution is -2.19. The summed E-state index contributed by atoms with van der Waals surface area (Å²) >= 11 is 0. The SMILES string of the molecule is CC(=O)C(CCCCOc1ccc2ccccc2c1)C(C)=O. The van der Waals surface area contributed by atoms with Crippen LogP contribution < -0.4 is 4.74 Å². The van der Waals surface area contributed by atoms with Gasteiger partial charge in [-0.05, 0) is 56.0 Å². The zero-order valence-electron chi connectivity index (χ0n) is 13.2. The number of carbonyl (C=O) groups excluding carboxylic acids is 2. The molecule has 0 aliphatic heterocycles. The number of fused-ring (bicyclic) bond motifs is 1. The molecule has 2 aromatic carbocycles. The fourth-order valence-electron chi connectivity index (χ4n) is 2.59. The van der Waals surface area contributed by atoms with E-state index in [1.807, 2.05) is 30.3 Å². The van der Waals surface area contributed by atoms with Crippen LogP contribution in [0.3, 0.4) is 0 Å². The van der Waals surface area contributed by atoms with Gasteiger partial charge in [0.15, 0.2) is 0 Å². The van der Waals surface area contributed by atoms with Crippen LogP contribution in [0.5, 0.6) is 5.75 Å². The normalized spacial score (nSPS) is 10.9. The molecule has 22 heavy (non-hydrogen) atoms. The van der Waals surface area contributed by atoms with Crippen LogP contribution in [0.1, 0.15) is 33.1 Å². The Morgan fingerprint density at radius 3 is 2.32 bits per heavy atom. The van der Waals surface area contributed by atoms with Gasteiger partial charge in [-0.3, -0.25) is 9.59 Å². The van der Waals surface area contributed by atoms with E-state index < -0.39 is 5.92 Å². The molecule has 0 fully saturated rings. The first kappa shape index (κ1) is 16.2. The van der Waals surface area contributed by atoms with Crippen LogP contribution in [0.25, 0.3) is 10.8 Å². The smallest absolute Gasteiger partial charge is 0.140 e. The van der Waals surface area contributed by atoms with Crippen molar-refractivity contribution in [3.63, 3.8) is 0 Å². The van der Waals surface area contributed by atoms with E-state index >= 15 is 0 Å². The predicted molar refractivity (Wildman–Crippen MR) is 88.1 cm³/mol. The number of rotatable bonds is 8. The molecule has 0 aromatic heterocycles. The molecule has 3 nitrogen and oxygen atoms in total. The van der Waals surface area contributed by atoms with Gasteiger partial charge in [0.2, 0.25) is 0 Å². The zero-order chi connectivity index (χ0) is 15.9. The Kier molecular flexibility index (Phi) is 5.70. The Morgan fingerprint density at radius 2 is 1.64 bits per heavy atom. The molecule has 0 unspecified atom stereocenters. The minimum absolute atomic E-state index is 0.0389. The van der Waals surface area contributed by atoms with Crippen molar-refractivity contribution in [1.82, 2.24) is 0 Å². The number of hydrogen-bond acceptors (Lipinski definition) is 3. The summed E-state index contributed by atoms with van der Waals surface area (Å²) in [5, 5.41) is 2.36. The molecular formula is C19H22O3. The Hall–Kier alpha value is -2.16. The highest BCUT2D eigenvalue weighted by Crippen LogP contribution is 2.21. The number of ether oxygens (including phenoxy) is 1. The van der Waals surface area contributed by atoms with Gasteiger partial charge >= 0.3 is 0 Å². The Labute approximate surface area is 131 Å². The fraction of sp³-hybridized carbons (Fsp3) is 0.368. The summed E-state index contributed by atoms with van der Waals surface area (Å²) in [5.74, 6) is 0.333. The highest BCUT2D eigenvalue weighted by atomic mass is 16.5. The van der Waals surface area contributed by atoms with Crippen LogP contribution >= 0.6 is 0 Å².